The molecule has 3 aromatic rings. The molecule has 1 heterocycles. The molecular weight excluding hydrogens is 368 g/mol. The monoisotopic (exact) mass is 384 g/mol. The number of fused-ring (bicyclic) bond motifs is 1. The summed E-state index contributed by atoms with van der Waals surface area (Å²) in [6, 6.07) is 14.1. The summed E-state index contributed by atoms with van der Waals surface area (Å²) in [7, 11) is 0. The molecule has 0 radical (unpaired) electrons. The van der Waals surface area contributed by atoms with Gasteiger partial charge in [-0.15, -0.1) is 0 Å². The molecule has 1 aromatic heterocycles. The van der Waals surface area contributed by atoms with Gasteiger partial charge in [-0.25, -0.2) is 10.5 Å². The van der Waals surface area contributed by atoms with Crippen molar-refractivity contribution in [2.45, 2.75) is 4.90 Å². The molecule has 0 aliphatic rings. The van der Waals surface area contributed by atoms with Crippen LogP contribution in [0.2, 0.25) is 0 Å². The number of aromatic nitrogens is 2. The Balaban J connectivity index is 1.46. The van der Waals surface area contributed by atoms with E-state index < -0.39 is 5.24 Å². The number of hydrogen-bond acceptors (Lipinski definition) is 7. The molecule has 138 valence electrons. The number of hydrogen-bond donors (Lipinski definition) is 3. The Kier molecular flexibility index (Phi) is 6.18. The summed E-state index contributed by atoms with van der Waals surface area (Å²) < 4.78 is 5.54. The fraction of sp³-hybridized carbons (Fsp3) is 0.111. The number of ether oxygens (including phenoxy) is 1. The average Bonchev–Trinajstić information content (AvgIpc) is 2.71. The zero-order valence-electron chi connectivity index (χ0n) is 14.1. The number of nitrogens with one attached hydrogen (secondary N) is 2. The standard InChI is InChI=1S/C18H16N4O4S/c23-17(16-11-20-14-3-1-2-4-15(14)21-16)19-9-10-26-12-5-7-13(8-6-12)27-18(24)22-25/h1-8,11,25H,9-10H2,(H,19,23)(H,22,24). The lowest BCUT2D eigenvalue weighted by molar-refractivity contribution is 0.0942. The van der Waals surface area contributed by atoms with Crippen LogP contribution in [0.15, 0.2) is 59.6 Å². The van der Waals surface area contributed by atoms with Crippen LogP contribution in [0.1, 0.15) is 10.5 Å². The SMILES string of the molecule is O=C(NO)Sc1ccc(OCCNC(=O)c2cnc3ccccc3n2)cc1. The summed E-state index contributed by atoms with van der Waals surface area (Å²) in [5.41, 5.74) is 3.19. The number of carbonyl (C=O) groups is 2. The number of nitrogens with zero attached hydrogens (tertiary/aromatic N) is 2. The Morgan fingerprint density at radius 2 is 1.81 bits per heavy atom. The van der Waals surface area contributed by atoms with E-state index in [1.165, 1.54) is 6.20 Å². The fourth-order valence-electron chi connectivity index (χ4n) is 2.22. The molecule has 0 unspecified atom stereocenters. The van der Waals surface area contributed by atoms with Crippen molar-refractivity contribution in [3.63, 3.8) is 0 Å². The highest BCUT2D eigenvalue weighted by molar-refractivity contribution is 8.13. The highest BCUT2D eigenvalue weighted by Gasteiger charge is 2.08. The van der Waals surface area contributed by atoms with Gasteiger partial charge in [0.1, 0.15) is 18.1 Å². The number of hydroxylamine groups is 1. The number of rotatable bonds is 6. The molecule has 2 amide bonds. The van der Waals surface area contributed by atoms with Crippen LogP contribution in [-0.2, 0) is 0 Å². The molecule has 0 fully saturated rings. The molecule has 0 atom stereocenters. The molecule has 3 rings (SSSR count). The molecule has 27 heavy (non-hydrogen) atoms. The van der Waals surface area contributed by atoms with Crippen molar-refractivity contribution >= 4 is 33.9 Å². The Labute approximate surface area is 158 Å². The first kappa shape index (κ1) is 18.6. The minimum absolute atomic E-state index is 0.247. The number of carbonyl (C=O) groups excluding carboxylic acids is 2. The molecule has 0 bridgehead atoms. The summed E-state index contributed by atoms with van der Waals surface area (Å²) in [6.45, 7) is 0.577. The van der Waals surface area contributed by atoms with Crippen molar-refractivity contribution in [1.82, 2.24) is 20.8 Å². The van der Waals surface area contributed by atoms with Gasteiger partial charge in [0, 0.05) is 4.90 Å². The third-order valence-electron chi connectivity index (χ3n) is 3.46. The highest BCUT2D eigenvalue weighted by atomic mass is 32.2. The van der Waals surface area contributed by atoms with E-state index >= 15 is 0 Å². The van der Waals surface area contributed by atoms with Crippen LogP contribution in [-0.4, -0.2) is 39.5 Å². The van der Waals surface area contributed by atoms with Crippen LogP contribution >= 0.6 is 11.8 Å². The van der Waals surface area contributed by atoms with Gasteiger partial charge in [0.25, 0.3) is 5.91 Å². The summed E-state index contributed by atoms with van der Waals surface area (Å²) in [4.78, 5) is 32.4. The van der Waals surface area contributed by atoms with Gasteiger partial charge in [-0.2, -0.15) is 0 Å². The highest BCUT2D eigenvalue weighted by Crippen LogP contribution is 2.21. The second-order valence-electron chi connectivity index (χ2n) is 5.32. The maximum atomic E-state index is 12.1. The number of amides is 2. The maximum Gasteiger partial charge on any atom is 0.307 e. The second kappa shape index (κ2) is 8.97. The third kappa shape index (κ3) is 5.16. The molecule has 3 N–H and O–H groups in total. The van der Waals surface area contributed by atoms with Gasteiger partial charge in [0.05, 0.1) is 23.8 Å². The maximum absolute atomic E-state index is 12.1. The number of para-hydroxylation sites is 2. The predicted octanol–water partition coefficient (Wildman–Crippen LogP) is 2.63. The summed E-state index contributed by atoms with van der Waals surface area (Å²) in [6.07, 6.45) is 1.44. The Morgan fingerprint density at radius 1 is 1.07 bits per heavy atom. The van der Waals surface area contributed by atoms with E-state index in [2.05, 4.69) is 15.3 Å². The lowest BCUT2D eigenvalue weighted by atomic mass is 10.3. The van der Waals surface area contributed by atoms with Gasteiger partial charge in [-0.1, -0.05) is 12.1 Å². The molecule has 0 aliphatic heterocycles. The quantitative estimate of drug-likeness (QED) is 0.259. The first-order valence-electron chi connectivity index (χ1n) is 8.00. The van der Waals surface area contributed by atoms with Crippen LogP contribution < -0.4 is 15.5 Å². The fourth-order valence-corrected chi connectivity index (χ4v) is 2.76. The van der Waals surface area contributed by atoms with E-state index in [0.717, 1.165) is 17.3 Å². The molecule has 2 aromatic carbocycles. The normalized spacial score (nSPS) is 10.4. The summed E-state index contributed by atoms with van der Waals surface area (Å²) in [5.74, 6) is 0.280. The summed E-state index contributed by atoms with van der Waals surface area (Å²) in [5, 5.41) is 10.6. The van der Waals surface area contributed by atoms with Crippen LogP contribution in [0.3, 0.4) is 0 Å². The van der Waals surface area contributed by atoms with Gasteiger partial charge in [-0.05, 0) is 48.2 Å². The van der Waals surface area contributed by atoms with Gasteiger partial charge in [-0.3, -0.25) is 19.8 Å². The van der Waals surface area contributed by atoms with E-state index in [1.807, 2.05) is 18.2 Å². The summed E-state index contributed by atoms with van der Waals surface area (Å²) >= 11 is 0.857. The van der Waals surface area contributed by atoms with Crippen LogP contribution in [0.25, 0.3) is 11.0 Å². The van der Waals surface area contributed by atoms with Gasteiger partial charge in [0.15, 0.2) is 0 Å². The topological polar surface area (TPSA) is 113 Å². The van der Waals surface area contributed by atoms with Crippen molar-refractivity contribution in [2.75, 3.05) is 13.2 Å². The lowest BCUT2D eigenvalue weighted by Crippen LogP contribution is -2.28. The first-order valence-corrected chi connectivity index (χ1v) is 8.82. The minimum Gasteiger partial charge on any atom is -0.492 e. The van der Waals surface area contributed by atoms with Crippen molar-refractivity contribution in [3.05, 3.63) is 60.4 Å². The van der Waals surface area contributed by atoms with Crippen molar-refractivity contribution in [2.24, 2.45) is 0 Å². The zero-order valence-corrected chi connectivity index (χ0v) is 14.9. The lowest BCUT2D eigenvalue weighted by Gasteiger charge is -2.08. The molecule has 8 nitrogen and oxygen atoms in total. The van der Waals surface area contributed by atoms with Crippen molar-refractivity contribution in [3.8, 4) is 5.75 Å². The Bertz CT molecular complexity index is 950. The molecular formula is C18H16N4O4S. The molecule has 9 heteroatoms. The van der Waals surface area contributed by atoms with E-state index in [4.69, 9.17) is 9.94 Å². The first-order chi connectivity index (χ1) is 13.2. The van der Waals surface area contributed by atoms with E-state index in [-0.39, 0.29) is 18.2 Å². The minimum atomic E-state index is -0.567. The number of benzene rings is 2. The molecule has 0 saturated heterocycles. The Morgan fingerprint density at radius 3 is 2.56 bits per heavy atom. The second-order valence-corrected chi connectivity index (χ2v) is 6.37. The van der Waals surface area contributed by atoms with E-state index in [9.17, 15) is 9.59 Å². The molecule has 0 aliphatic carbocycles. The van der Waals surface area contributed by atoms with E-state index in [0.29, 0.717) is 22.7 Å². The van der Waals surface area contributed by atoms with Crippen LogP contribution in [0, 0.1) is 0 Å². The number of thioether (sulfide) groups is 1. The van der Waals surface area contributed by atoms with Crippen LogP contribution in [0.5, 0.6) is 5.75 Å². The van der Waals surface area contributed by atoms with E-state index in [1.54, 1.807) is 35.8 Å². The zero-order chi connectivity index (χ0) is 19.1. The Hall–Kier alpha value is -3.17. The third-order valence-corrected chi connectivity index (χ3v) is 4.25. The van der Waals surface area contributed by atoms with Gasteiger partial charge in [0.2, 0.25) is 0 Å². The molecule has 0 spiro atoms. The van der Waals surface area contributed by atoms with Gasteiger partial charge >= 0.3 is 5.24 Å². The largest absolute Gasteiger partial charge is 0.492 e. The van der Waals surface area contributed by atoms with Crippen molar-refractivity contribution < 1.29 is 19.5 Å². The molecule has 0 saturated carbocycles. The van der Waals surface area contributed by atoms with Crippen LogP contribution in [0.4, 0.5) is 4.79 Å². The van der Waals surface area contributed by atoms with Gasteiger partial charge < -0.3 is 10.1 Å². The van der Waals surface area contributed by atoms with Crippen molar-refractivity contribution in [1.29, 1.82) is 0 Å². The predicted molar refractivity (Wildman–Crippen MR) is 100.0 cm³/mol. The smallest absolute Gasteiger partial charge is 0.307 e. The average molecular weight is 384 g/mol.